The third kappa shape index (κ3) is 6.44. The summed E-state index contributed by atoms with van der Waals surface area (Å²) in [6.07, 6.45) is 1.31. The van der Waals surface area contributed by atoms with Gasteiger partial charge in [0, 0.05) is 15.6 Å². The average molecular weight is 490 g/mol. The first kappa shape index (κ1) is 24.0. The van der Waals surface area contributed by atoms with Crippen LogP contribution in [0.1, 0.15) is 11.1 Å². The van der Waals surface area contributed by atoms with Gasteiger partial charge >= 0.3 is 11.8 Å². The number of hydrogen-bond donors (Lipinski definition) is 2. The van der Waals surface area contributed by atoms with Crippen LogP contribution in [-0.2, 0) is 16.2 Å². The van der Waals surface area contributed by atoms with E-state index in [0.717, 1.165) is 6.07 Å². The van der Waals surface area contributed by atoms with Crippen molar-refractivity contribution in [3.63, 3.8) is 0 Å². The average Bonchev–Trinajstić information content (AvgIpc) is 2.80. The number of nitrogens with zero attached hydrogens (tertiary/aromatic N) is 1. The van der Waals surface area contributed by atoms with Crippen molar-refractivity contribution >= 4 is 46.9 Å². The van der Waals surface area contributed by atoms with Gasteiger partial charge in [-0.3, -0.25) is 9.59 Å². The van der Waals surface area contributed by atoms with Gasteiger partial charge in [0.1, 0.15) is 12.4 Å². The Morgan fingerprint density at radius 3 is 2.42 bits per heavy atom. The second-order valence-electron chi connectivity index (χ2n) is 6.53. The summed E-state index contributed by atoms with van der Waals surface area (Å²) in [4.78, 5) is 23.7. The lowest BCUT2D eigenvalue weighted by Crippen LogP contribution is -2.32. The topological polar surface area (TPSA) is 89.0 Å². The van der Waals surface area contributed by atoms with Crippen LogP contribution in [0.15, 0.2) is 65.8 Å². The Morgan fingerprint density at radius 1 is 1.00 bits per heavy atom. The Hall–Kier alpha value is -3.62. The molecule has 33 heavy (non-hydrogen) atoms. The summed E-state index contributed by atoms with van der Waals surface area (Å²) in [7, 11) is 1.47. The van der Waals surface area contributed by atoms with E-state index in [-0.39, 0.29) is 12.3 Å². The van der Waals surface area contributed by atoms with Crippen LogP contribution in [0, 0.1) is 5.82 Å². The molecule has 0 bridgehead atoms. The molecule has 2 amide bonds. The van der Waals surface area contributed by atoms with E-state index < -0.39 is 17.6 Å². The number of halogens is 3. The first-order valence-corrected chi connectivity index (χ1v) is 10.3. The van der Waals surface area contributed by atoms with E-state index in [0.29, 0.717) is 32.7 Å². The number of hydrazone groups is 1. The molecular weight excluding hydrogens is 472 g/mol. The molecule has 0 aliphatic rings. The number of hydrogen-bond acceptors (Lipinski definition) is 5. The van der Waals surface area contributed by atoms with E-state index >= 15 is 0 Å². The van der Waals surface area contributed by atoms with Crippen molar-refractivity contribution in [1.82, 2.24) is 5.43 Å². The highest BCUT2D eigenvalue weighted by Crippen LogP contribution is 2.31. The van der Waals surface area contributed by atoms with Gasteiger partial charge in [0.25, 0.3) is 0 Å². The number of carbonyl (C=O) groups is 2. The van der Waals surface area contributed by atoms with E-state index in [4.69, 9.17) is 32.7 Å². The van der Waals surface area contributed by atoms with E-state index in [9.17, 15) is 14.0 Å². The third-order valence-corrected chi connectivity index (χ3v) is 5.04. The van der Waals surface area contributed by atoms with Crippen LogP contribution in [-0.4, -0.2) is 25.1 Å². The van der Waals surface area contributed by atoms with Crippen molar-refractivity contribution in [2.24, 2.45) is 5.10 Å². The fraction of sp³-hybridized carbons (Fsp3) is 0.0870. The monoisotopic (exact) mass is 489 g/mol. The molecule has 170 valence electrons. The Bertz CT molecular complexity index is 1180. The highest BCUT2D eigenvalue weighted by atomic mass is 35.5. The smallest absolute Gasteiger partial charge is 0.329 e. The van der Waals surface area contributed by atoms with Gasteiger partial charge in [-0.05, 0) is 48.0 Å². The molecule has 0 aromatic heterocycles. The second-order valence-corrected chi connectivity index (χ2v) is 7.35. The summed E-state index contributed by atoms with van der Waals surface area (Å²) in [5.41, 5.74) is 3.17. The number of benzene rings is 3. The quantitative estimate of drug-likeness (QED) is 0.283. The molecule has 3 aromatic carbocycles. The van der Waals surface area contributed by atoms with Gasteiger partial charge in [0.05, 0.1) is 19.0 Å². The lowest BCUT2D eigenvalue weighted by atomic mass is 10.2. The molecule has 0 radical (unpaired) electrons. The standard InChI is InChI=1S/C23H18Cl2FN3O4/c1-32-21-11-14(9-10-20(21)33-13-15-16(24)5-4-6-17(15)25)12-27-29-23(31)22(30)28-19-8-3-2-7-18(19)26/h2-12H,13H2,1H3,(H,28,30)(H,29,31)/b27-12-. The molecule has 0 saturated carbocycles. The molecule has 0 aliphatic carbocycles. The maximum atomic E-state index is 13.6. The Kier molecular flexibility index (Phi) is 8.23. The first-order valence-electron chi connectivity index (χ1n) is 9.51. The molecule has 2 N–H and O–H groups in total. The zero-order valence-electron chi connectivity index (χ0n) is 17.3. The highest BCUT2D eigenvalue weighted by Gasteiger charge is 2.15. The fourth-order valence-corrected chi connectivity index (χ4v) is 3.17. The largest absolute Gasteiger partial charge is 0.493 e. The van der Waals surface area contributed by atoms with E-state index in [1.807, 2.05) is 0 Å². The zero-order chi connectivity index (χ0) is 23.8. The Labute approximate surface area is 199 Å². The molecule has 3 aromatic rings. The molecule has 3 rings (SSSR count). The molecular formula is C23H18Cl2FN3O4. The second kappa shape index (κ2) is 11.3. The number of ether oxygens (including phenoxy) is 2. The van der Waals surface area contributed by atoms with Gasteiger partial charge in [0.15, 0.2) is 11.5 Å². The SMILES string of the molecule is COc1cc(/C=N\NC(=O)C(=O)Nc2ccccc2F)ccc1OCc1c(Cl)cccc1Cl. The van der Waals surface area contributed by atoms with Crippen molar-refractivity contribution in [3.8, 4) is 11.5 Å². The Morgan fingerprint density at radius 2 is 1.73 bits per heavy atom. The summed E-state index contributed by atoms with van der Waals surface area (Å²) in [6.45, 7) is 0.134. The van der Waals surface area contributed by atoms with Gasteiger partial charge in [-0.25, -0.2) is 9.82 Å². The van der Waals surface area contributed by atoms with Crippen LogP contribution < -0.4 is 20.2 Å². The maximum Gasteiger partial charge on any atom is 0.329 e. The maximum absolute atomic E-state index is 13.6. The molecule has 0 atom stereocenters. The number of methoxy groups -OCH3 is 1. The van der Waals surface area contributed by atoms with Gasteiger partial charge in [-0.1, -0.05) is 41.4 Å². The normalized spacial score (nSPS) is 10.7. The molecule has 0 heterocycles. The zero-order valence-corrected chi connectivity index (χ0v) is 18.8. The van der Waals surface area contributed by atoms with Gasteiger partial charge in [-0.15, -0.1) is 0 Å². The fourth-order valence-electron chi connectivity index (χ4n) is 2.66. The van der Waals surface area contributed by atoms with E-state index in [1.54, 1.807) is 36.4 Å². The minimum atomic E-state index is -1.06. The predicted octanol–water partition coefficient (Wildman–Crippen LogP) is 4.81. The highest BCUT2D eigenvalue weighted by molar-refractivity contribution is 6.39. The third-order valence-electron chi connectivity index (χ3n) is 4.33. The van der Waals surface area contributed by atoms with Crippen molar-refractivity contribution < 1.29 is 23.5 Å². The lowest BCUT2D eigenvalue weighted by molar-refractivity contribution is -0.136. The summed E-state index contributed by atoms with van der Waals surface area (Å²) in [5.74, 6) is -1.92. The molecule has 7 nitrogen and oxygen atoms in total. The number of amides is 2. The van der Waals surface area contributed by atoms with Crippen molar-refractivity contribution in [2.45, 2.75) is 6.61 Å². The van der Waals surface area contributed by atoms with Gasteiger partial charge in [0.2, 0.25) is 0 Å². The van der Waals surface area contributed by atoms with Crippen LogP contribution in [0.2, 0.25) is 10.0 Å². The number of rotatable bonds is 7. The first-order chi connectivity index (χ1) is 15.9. The molecule has 10 heteroatoms. The van der Waals surface area contributed by atoms with Crippen LogP contribution in [0.5, 0.6) is 11.5 Å². The minimum Gasteiger partial charge on any atom is -0.493 e. The van der Waals surface area contributed by atoms with E-state index in [1.165, 1.54) is 31.5 Å². The molecule has 0 spiro atoms. The number of nitrogens with one attached hydrogen (secondary N) is 2. The van der Waals surface area contributed by atoms with Gasteiger partial charge in [-0.2, -0.15) is 5.10 Å². The minimum absolute atomic E-state index is 0.111. The summed E-state index contributed by atoms with van der Waals surface area (Å²) < 4.78 is 24.7. The predicted molar refractivity (Wildman–Crippen MR) is 125 cm³/mol. The number of carbonyl (C=O) groups excluding carboxylic acids is 2. The Balaban J connectivity index is 1.60. The molecule has 0 fully saturated rings. The summed E-state index contributed by atoms with van der Waals surface area (Å²) in [6, 6.07) is 15.6. The molecule has 0 saturated heterocycles. The van der Waals surface area contributed by atoms with Crippen LogP contribution >= 0.6 is 23.2 Å². The summed E-state index contributed by atoms with van der Waals surface area (Å²) >= 11 is 12.3. The number of para-hydroxylation sites is 1. The lowest BCUT2D eigenvalue weighted by Gasteiger charge is -2.13. The van der Waals surface area contributed by atoms with Crippen LogP contribution in [0.25, 0.3) is 0 Å². The molecule has 0 aliphatic heterocycles. The van der Waals surface area contributed by atoms with Crippen molar-refractivity contribution in [3.05, 3.63) is 87.7 Å². The number of anilines is 1. The van der Waals surface area contributed by atoms with Crippen molar-refractivity contribution in [2.75, 3.05) is 12.4 Å². The summed E-state index contributed by atoms with van der Waals surface area (Å²) in [5, 5.41) is 6.87. The van der Waals surface area contributed by atoms with E-state index in [2.05, 4.69) is 15.8 Å². The van der Waals surface area contributed by atoms with Crippen LogP contribution in [0.4, 0.5) is 10.1 Å². The van der Waals surface area contributed by atoms with Crippen molar-refractivity contribution in [1.29, 1.82) is 0 Å². The van der Waals surface area contributed by atoms with Crippen LogP contribution in [0.3, 0.4) is 0 Å². The van der Waals surface area contributed by atoms with Gasteiger partial charge < -0.3 is 14.8 Å². The molecule has 0 unspecified atom stereocenters.